The Labute approximate surface area is 129 Å². The first-order valence-electron chi connectivity index (χ1n) is 7.94. The van der Waals surface area contributed by atoms with Gasteiger partial charge < -0.3 is 10.1 Å². The molecule has 0 aliphatic rings. The minimum absolute atomic E-state index is 0.123. The Kier molecular flexibility index (Phi) is 7.44. The molecule has 0 aliphatic carbocycles. The van der Waals surface area contributed by atoms with E-state index in [1.165, 1.54) is 16.7 Å². The van der Waals surface area contributed by atoms with Crippen LogP contribution in [0.15, 0.2) is 18.2 Å². The topological polar surface area (TPSA) is 38.3 Å². The van der Waals surface area contributed by atoms with Crippen LogP contribution in [0.3, 0.4) is 0 Å². The zero-order chi connectivity index (χ0) is 15.8. The van der Waals surface area contributed by atoms with Crippen molar-refractivity contribution in [1.29, 1.82) is 0 Å². The van der Waals surface area contributed by atoms with Gasteiger partial charge in [0.25, 0.3) is 0 Å². The summed E-state index contributed by atoms with van der Waals surface area (Å²) >= 11 is 0. The Hall–Kier alpha value is -1.35. The normalized spacial score (nSPS) is 13.8. The molecule has 0 amide bonds. The summed E-state index contributed by atoms with van der Waals surface area (Å²) in [6.45, 7) is 10.8. The van der Waals surface area contributed by atoms with E-state index >= 15 is 0 Å². The lowest BCUT2D eigenvalue weighted by Gasteiger charge is -2.22. The smallest absolute Gasteiger partial charge is 0.307 e. The number of rotatable bonds is 8. The van der Waals surface area contributed by atoms with Crippen LogP contribution in [-0.2, 0) is 16.0 Å². The molecule has 0 heterocycles. The van der Waals surface area contributed by atoms with Gasteiger partial charge in [0.2, 0.25) is 0 Å². The van der Waals surface area contributed by atoms with E-state index in [1.54, 1.807) is 0 Å². The number of esters is 1. The second kappa shape index (κ2) is 8.83. The van der Waals surface area contributed by atoms with Crippen molar-refractivity contribution in [3.63, 3.8) is 0 Å². The molecule has 1 aromatic rings. The first kappa shape index (κ1) is 17.7. The summed E-state index contributed by atoms with van der Waals surface area (Å²) in [5, 5.41) is 3.54. The average molecular weight is 291 g/mol. The predicted molar refractivity (Wildman–Crippen MR) is 87.5 cm³/mol. The summed E-state index contributed by atoms with van der Waals surface area (Å²) in [5.41, 5.74) is 3.87. The summed E-state index contributed by atoms with van der Waals surface area (Å²) in [4.78, 5) is 11.8. The van der Waals surface area contributed by atoms with Crippen molar-refractivity contribution < 1.29 is 9.53 Å². The first-order valence-corrected chi connectivity index (χ1v) is 7.94. The molecule has 1 N–H and O–H groups in total. The molecule has 1 rings (SSSR count). The Morgan fingerprint density at radius 1 is 1.24 bits per heavy atom. The van der Waals surface area contributed by atoms with E-state index in [9.17, 15) is 4.79 Å². The van der Waals surface area contributed by atoms with Crippen molar-refractivity contribution in [3.05, 3.63) is 34.9 Å². The minimum atomic E-state index is -0.123. The van der Waals surface area contributed by atoms with Gasteiger partial charge in [-0.25, -0.2) is 0 Å². The van der Waals surface area contributed by atoms with Crippen LogP contribution in [0.5, 0.6) is 0 Å². The van der Waals surface area contributed by atoms with Crippen molar-refractivity contribution in [3.8, 4) is 0 Å². The lowest BCUT2D eigenvalue weighted by molar-refractivity contribution is -0.143. The van der Waals surface area contributed by atoms with Crippen molar-refractivity contribution in [2.24, 2.45) is 0 Å². The van der Waals surface area contributed by atoms with Gasteiger partial charge in [-0.15, -0.1) is 0 Å². The number of nitrogens with one attached hydrogen (secondary N) is 1. The Morgan fingerprint density at radius 3 is 2.52 bits per heavy atom. The molecular weight excluding hydrogens is 262 g/mol. The van der Waals surface area contributed by atoms with Crippen LogP contribution < -0.4 is 5.32 Å². The maximum absolute atomic E-state index is 11.8. The molecule has 0 radical (unpaired) electrons. The van der Waals surface area contributed by atoms with E-state index in [4.69, 9.17) is 4.74 Å². The molecule has 3 heteroatoms. The molecule has 0 saturated carbocycles. The largest absolute Gasteiger partial charge is 0.466 e. The highest BCUT2D eigenvalue weighted by Crippen LogP contribution is 2.13. The molecule has 118 valence electrons. The van der Waals surface area contributed by atoms with Gasteiger partial charge in [-0.2, -0.15) is 0 Å². The molecule has 2 atom stereocenters. The zero-order valence-electron chi connectivity index (χ0n) is 14.0. The number of hydrogen-bond acceptors (Lipinski definition) is 3. The standard InChI is InChI=1S/C18H29NO2/c1-6-15(5)19-17(12-18(20)21-7-2)11-16-9-8-13(3)14(4)10-16/h8-10,15,17,19H,6-7,11-12H2,1-5H3. The van der Waals surface area contributed by atoms with E-state index < -0.39 is 0 Å². The summed E-state index contributed by atoms with van der Waals surface area (Å²) in [7, 11) is 0. The minimum Gasteiger partial charge on any atom is -0.466 e. The molecule has 0 saturated heterocycles. The van der Waals surface area contributed by atoms with Crippen molar-refractivity contribution >= 4 is 5.97 Å². The van der Waals surface area contributed by atoms with Crippen molar-refractivity contribution in [2.75, 3.05) is 6.61 Å². The lowest BCUT2D eigenvalue weighted by Crippen LogP contribution is -2.39. The molecule has 2 unspecified atom stereocenters. The van der Waals surface area contributed by atoms with Crippen molar-refractivity contribution in [2.45, 2.75) is 66.0 Å². The molecule has 0 spiro atoms. The van der Waals surface area contributed by atoms with E-state index in [2.05, 4.69) is 51.2 Å². The molecule has 3 nitrogen and oxygen atoms in total. The van der Waals surface area contributed by atoms with Crippen LogP contribution in [0, 0.1) is 13.8 Å². The molecular formula is C18H29NO2. The number of carbonyl (C=O) groups excluding carboxylic acids is 1. The number of benzene rings is 1. The Morgan fingerprint density at radius 2 is 1.95 bits per heavy atom. The van der Waals surface area contributed by atoms with Gasteiger partial charge in [-0.3, -0.25) is 4.79 Å². The maximum Gasteiger partial charge on any atom is 0.307 e. The second-order valence-electron chi connectivity index (χ2n) is 5.80. The van der Waals surface area contributed by atoms with E-state index in [0.29, 0.717) is 19.1 Å². The van der Waals surface area contributed by atoms with E-state index in [-0.39, 0.29) is 12.0 Å². The zero-order valence-corrected chi connectivity index (χ0v) is 14.0. The van der Waals surface area contributed by atoms with Crippen LogP contribution in [-0.4, -0.2) is 24.7 Å². The third kappa shape index (κ3) is 6.30. The fourth-order valence-corrected chi connectivity index (χ4v) is 2.35. The lowest BCUT2D eigenvalue weighted by atomic mass is 9.98. The summed E-state index contributed by atoms with van der Waals surface area (Å²) in [6.07, 6.45) is 2.32. The molecule has 0 aliphatic heterocycles. The molecule has 0 fully saturated rings. The quantitative estimate of drug-likeness (QED) is 0.744. The van der Waals surface area contributed by atoms with Gasteiger partial charge >= 0.3 is 5.97 Å². The van der Waals surface area contributed by atoms with Crippen molar-refractivity contribution in [1.82, 2.24) is 5.32 Å². The van der Waals surface area contributed by atoms with Crippen LogP contribution in [0.1, 0.15) is 50.3 Å². The predicted octanol–water partition coefficient (Wildman–Crippen LogP) is 3.56. The Balaban J connectivity index is 2.74. The van der Waals surface area contributed by atoms with Gasteiger partial charge in [0, 0.05) is 12.1 Å². The van der Waals surface area contributed by atoms with Gasteiger partial charge in [0.05, 0.1) is 13.0 Å². The van der Waals surface area contributed by atoms with Crippen LogP contribution in [0.4, 0.5) is 0 Å². The fraction of sp³-hybridized carbons (Fsp3) is 0.611. The van der Waals surface area contributed by atoms with Gasteiger partial charge in [0.1, 0.15) is 0 Å². The number of carbonyl (C=O) groups is 1. The van der Waals surface area contributed by atoms with Crippen LogP contribution in [0.2, 0.25) is 0 Å². The first-order chi connectivity index (χ1) is 9.96. The highest BCUT2D eigenvalue weighted by atomic mass is 16.5. The highest BCUT2D eigenvalue weighted by Gasteiger charge is 2.17. The Bertz CT molecular complexity index is 457. The number of hydrogen-bond donors (Lipinski definition) is 1. The van der Waals surface area contributed by atoms with E-state index in [0.717, 1.165) is 12.8 Å². The average Bonchev–Trinajstić information content (AvgIpc) is 2.43. The molecule has 1 aromatic carbocycles. The second-order valence-corrected chi connectivity index (χ2v) is 5.80. The monoisotopic (exact) mass is 291 g/mol. The third-order valence-electron chi connectivity index (χ3n) is 3.90. The highest BCUT2D eigenvalue weighted by molar-refractivity contribution is 5.70. The van der Waals surface area contributed by atoms with Crippen LogP contribution >= 0.6 is 0 Å². The van der Waals surface area contributed by atoms with Gasteiger partial charge in [-0.05, 0) is 57.2 Å². The SMILES string of the molecule is CCOC(=O)CC(Cc1ccc(C)c(C)c1)NC(C)CC. The summed E-state index contributed by atoms with van der Waals surface area (Å²) < 4.78 is 5.09. The van der Waals surface area contributed by atoms with Gasteiger partial charge in [0.15, 0.2) is 0 Å². The maximum atomic E-state index is 11.8. The van der Waals surface area contributed by atoms with E-state index in [1.807, 2.05) is 6.92 Å². The number of aryl methyl sites for hydroxylation is 2. The molecule has 0 aromatic heterocycles. The summed E-state index contributed by atoms with van der Waals surface area (Å²) in [5.74, 6) is -0.123. The third-order valence-corrected chi connectivity index (χ3v) is 3.90. The number of ether oxygens (including phenoxy) is 1. The van der Waals surface area contributed by atoms with Crippen LogP contribution in [0.25, 0.3) is 0 Å². The molecule has 0 bridgehead atoms. The fourth-order valence-electron chi connectivity index (χ4n) is 2.35. The summed E-state index contributed by atoms with van der Waals surface area (Å²) in [6, 6.07) is 7.04. The van der Waals surface area contributed by atoms with Gasteiger partial charge in [-0.1, -0.05) is 25.1 Å². The molecule has 21 heavy (non-hydrogen) atoms.